The number of halogens is 1. The van der Waals surface area contributed by atoms with E-state index in [9.17, 15) is 0 Å². The SMILES string of the molecule is CCn1nccc1CNCCOC.Cl. The van der Waals surface area contributed by atoms with Crippen LogP contribution in [0.15, 0.2) is 12.3 Å². The molecule has 0 aliphatic rings. The van der Waals surface area contributed by atoms with Gasteiger partial charge in [-0.2, -0.15) is 5.10 Å². The Morgan fingerprint density at radius 2 is 2.36 bits per heavy atom. The van der Waals surface area contributed by atoms with Crippen molar-refractivity contribution in [1.29, 1.82) is 0 Å². The number of hydrogen-bond acceptors (Lipinski definition) is 3. The fraction of sp³-hybridized carbons (Fsp3) is 0.667. The van der Waals surface area contributed by atoms with Crippen LogP contribution in [0.2, 0.25) is 0 Å². The third-order valence-electron chi connectivity index (χ3n) is 1.89. The molecule has 0 fully saturated rings. The zero-order chi connectivity index (χ0) is 9.52. The van der Waals surface area contributed by atoms with Gasteiger partial charge < -0.3 is 10.1 Å². The molecule has 0 saturated heterocycles. The molecule has 0 aliphatic carbocycles. The lowest BCUT2D eigenvalue weighted by Gasteiger charge is -2.05. The minimum Gasteiger partial charge on any atom is -0.383 e. The van der Waals surface area contributed by atoms with Crippen LogP contribution in [0, 0.1) is 0 Å². The molecular formula is C9H18ClN3O. The Bertz CT molecular complexity index is 240. The minimum absolute atomic E-state index is 0. The Balaban J connectivity index is 0.00000169. The monoisotopic (exact) mass is 219 g/mol. The van der Waals surface area contributed by atoms with Crippen molar-refractivity contribution in [2.45, 2.75) is 20.0 Å². The van der Waals surface area contributed by atoms with Gasteiger partial charge in [0.15, 0.2) is 0 Å². The molecule has 1 rings (SSSR count). The summed E-state index contributed by atoms with van der Waals surface area (Å²) < 4.78 is 6.92. The molecule has 5 heteroatoms. The average Bonchev–Trinajstić information content (AvgIpc) is 2.60. The summed E-state index contributed by atoms with van der Waals surface area (Å²) in [6, 6.07) is 2.03. The zero-order valence-electron chi connectivity index (χ0n) is 8.69. The molecule has 82 valence electrons. The molecular weight excluding hydrogens is 202 g/mol. The minimum atomic E-state index is 0. The summed E-state index contributed by atoms with van der Waals surface area (Å²) in [6.45, 7) is 5.50. The number of ether oxygens (including phenoxy) is 1. The molecule has 0 bridgehead atoms. The van der Waals surface area contributed by atoms with Crippen molar-refractivity contribution in [2.24, 2.45) is 0 Å². The van der Waals surface area contributed by atoms with Gasteiger partial charge in [-0.05, 0) is 13.0 Å². The van der Waals surface area contributed by atoms with Crippen LogP contribution in [-0.2, 0) is 17.8 Å². The highest BCUT2D eigenvalue weighted by Crippen LogP contribution is 1.97. The van der Waals surface area contributed by atoms with Gasteiger partial charge in [0.05, 0.1) is 12.3 Å². The maximum Gasteiger partial charge on any atom is 0.0587 e. The second kappa shape index (κ2) is 7.79. The van der Waals surface area contributed by atoms with Gasteiger partial charge in [-0.1, -0.05) is 0 Å². The van der Waals surface area contributed by atoms with E-state index in [1.165, 1.54) is 5.69 Å². The van der Waals surface area contributed by atoms with Crippen molar-refractivity contribution >= 4 is 12.4 Å². The fourth-order valence-electron chi connectivity index (χ4n) is 1.19. The number of methoxy groups -OCH3 is 1. The van der Waals surface area contributed by atoms with Crippen LogP contribution in [0.1, 0.15) is 12.6 Å². The summed E-state index contributed by atoms with van der Waals surface area (Å²) in [5.74, 6) is 0. The second-order valence-corrected chi connectivity index (χ2v) is 2.81. The van der Waals surface area contributed by atoms with E-state index in [2.05, 4.69) is 17.3 Å². The number of rotatable bonds is 6. The molecule has 0 radical (unpaired) electrons. The quantitative estimate of drug-likeness (QED) is 0.728. The topological polar surface area (TPSA) is 39.1 Å². The lowest BCUT2D eigenvalue weighted by Crippen LogP contribution is -2.20. The third kappa shape index (κ3) is 4.09. The van der Waals surface area contributed by atoms with E-state index < -0.39 is 0 Å². The Kier molecular flexibility index (Phi) is 7.47. The van der Waals surface area contributed by atoms with E-state index in [0.29, 0.717) is 0 Å². The first-order valence-corrected chi connectivity index (χ1v) is 4.58. The summed E-state index contributed by atoms with van der Waals surface area (Å²) >= 11 is 0. The van der Waals surface area contributed by atoms with E-state index in [1.807, 2.05) is 16.9 Å². The highest BCUT2D eigenvalue weighted by Gasteiger charge is 1.98. The van der Waals surface area contributed by atoms with Crippen molar-refractivity contribution < 1.29 is 4.74 Å². The number of nitrogens with zero attached hydrogens (tertiary/aromatic N) is 2. The molecule has 0 aromatic carbocycles. The van der Waals surface area contributed by atoms with Crippen LogP contribution in [0.5, 0.6) is 0 Å². The van der Waals surface area contributed by atoms with Gasteiger partial charge in [0.25, 0.3) is 0 Å². The zero-order valence-corrected chi connectivity index (χ0v) is 9.51. The van der Waals surface area contributed by atoms with Crippen LogP contribution in [0.3, 0.4) is 0 Å². The van der Waals surface area contributed by atoms with E-state index >= 15 is 0 Å². The normalized spacial score (nSPS) is 9.86. The Morgan fingerprint density at radius 1 is 1.57 bits per heavy atom. The van der Waals surface area contributed by atoms with Gasteiger partial charge in [0, 0.05) is 32.9 Å². The summed E-state index contributed by atoms with van der Waals surface area (Å²) in [5.41, 5.74) is 1.22. The van der Waals surface area contributed by atoms with E-state index in [-0.39, 0.29) is 12.4 Å². The molecule has 1 aromatic rings. The standard InChI is InChI=1S/C9H17N3O.ClH/c1-3-12-9(4-5-11-12)8-10-6-7-13-2;/h4-5,10H,3,6-8H2,1-2H3;1H. The van der Waals surface area contributed by atoms with Gasteiger partial charge in [-0.15, -0.1) is 12.4 Å². The second-order valence-electron chi connectivity index (χ2n) is 2.81. The predicted octanol–water partition coefficient (Wildman–Crippen LogP) is 1.06. The van der Waals surface area contributed by atoms with Gasteiger partial charge in [-0.25, -0.2) is 0 Å². The predicted molar refractivity (Wildman–Crippen MR) is 58.7 cm³/mol. The molecule has 1 heterocycles. The van der Waals surface area contributed by atoms with Crippen LogP contribution >= 0.6 is 12.4 Å². The molecule has 0 unspecified atom stereocenters. The average molecular weight is 220 g/mol. The van der Waals surface area contributed by atoms with Gasteiger partial charge in [0.2, 0.25) is 0 Å². The van der Waals surface area contributed by atoms with Crippen LogP contribution in [0.25, 0.3) is 0 Å². The number of aryl methyl sites for hydroxylation is 1. The summed E-state index contributed by atoms with van der Waals surface area (Å²) in [4.78, 5) is 0. The van der Waals surface area contributed by atoms with Crippen LogP contribution in [-0.4, -0.2) is 30.0 Å². The Labute approximate surface area is 91.0 Å². The molecule has 0 saturated carbocycles. The molecule has 1 aromatic heterocycles. The number of hydrogen-bond donors (Lipinski definition) is 1. The van der Waals surface area contributed by atoms with Crippen molar-refractivity contribution in [1.82, 2.24) is 15.1 Å². The lowest BCUT2D eigenvalue weighted by atomic mass is 10.4. The smallest absolute Gasteiger partial charge is 0.0587 e. The van der Waals surface area contributed by atoms with Gasteiger partial charge >= 0.3 is 0 Å². The molecule has 0 spiro atoms. The highest BCUT2D eigenvalue weighted by molar-refractivity contribution is 5.85. The highest BCUT2D eigenvalue weighted by atomic mass is 35.5. The summed E-state index contributed by atoms with van der Waals surface area (Å²) in [6.07, 6.45) is 1.83. The Hall–Kier alpha value is -0.580. The lowest BCUT2D eigenvalue weighted by molar-refractivity contribution is 0.199. The molecule has 0 atom stereocenters. The van der Waals surface area contributed by atoms with Crippen LogP contribution in [0.4, 0.5) is 0 Å². The fourth-order valence-corrected chi connectivity index (χ4v) is 1.19. The van der Waals surface area contributed by atoms with Crippen LogP contribution < -0.4 is 5.32 Å². The van der Waals surface area contributed by atoms with Crippen molar-refractivity contribution in [3.63, 3.8) is 0 Å². The van der Waals surface area contributed by atoms with E-state index in [0.717, 1.165) is 26.2 Å². The summed E-state index contributed by atoms with van der Waals surface area (Å²) in [7, 11) is 1.71. The van der Waals surface area contributed by atoms with Gasteiger partial charge in [-0.3, -0.25) is 4.68 Å². The number of aromatic nitrogens is 2. The first kappa shape index (κ1) is 13.4. The molecule has 4 nitrogen and oxygen atoms in total. The molecule has 0 aliphatic heterocycles. The summed E-state index contributed by atoms with van der Waals surface area (Å²) in [5, 5.41) is 7.46. The maximum atomic E-state index is 4.93. The largest absolute Gasteiger partial charge is 0.383 e. The first-order valence-electron chi connectivity index (χ1n) is 4.58. The number of nitrogens with one attached hydrogen (secondary N) is 1. The molecule has 14 heavy (non-hydrogen) atoms. The Morgan fingerprint density at radius 3 is 3.00 bits per heavy atom. The van der Waals surface area contributed by atoms with Crippen molar-refractivity contribution in [3.05, 3.63) is 18.0 Å². The maximum absolute atomic E-state index is 4.93. The molecule has 1 N–H and O–H groups in total. The third-order valence-corrected chi connectivity index (χ3v) is 1.89. The van der Waals surface area contributed by atoms with E-state index in [4.69, 9.17) is 4.74 Å². The molecule has 0 amide bonds. The van der Waals surface area contributed by atoms with E-state index in [1.54, 1.807) is 7.11 Å². The first-order chi connectivity index (χ1) is 6.38. The van der Waals surface area contributed by atoms with Crippen molar-refractivity contribution in [2.75, 3.05) is 20.3 Å². The van der Waals surface area contributed by atoms with Crippen molar-refractivity contribution in [3.8, 4) is 0 Å². The van der Waals surface area contributed by atoms with Gasteiger partial charge in [0.1, 0.15) is 0 Å².